The Morgan fingerprint density at radius 1 is 1.33 bits per heavy atom. The fourth-order valence-electron chi connectivity index (χ4n) is 3.66. The first-order valence-electron chi connectivity index (χ1n) is 7.99. The average molecular weight is 308 g/mol. The van der Waals surface area contributed by atoms with Crippen LogP contribution >= 0.6 is 11.5 Å². The van der Waals surface area contributed by atoms with Crippen LogP contribution in [0.2, 0.25) is 0 Å². The van der Waals surface area contributed by atoms with Crippen LogP contribution in [-0.4, -0.2) is 45.6 Å². The van der Waals surface area contributed by atoms with Crippen LogP contribution in [-0.2, 0) is 0 Å². The molecule has 6 heteroatoms. The van der Waals surface area contributed by atoms with Gasteiger partial charge in [-0.2, -0.15) is 0 Å². The summed E-state index contributed by atoms with van der Waals surface area (Å²) in [7, 11) is 0. The monoisotopic (exact) mass is 308 g/mol. The van der Waals surface area contributed by atoms with E-state index in [2.05, 4.69) is 33.7 Å². The SMILES string of the molecule is CC(C)c1nnsc1C(=O)N1CCNCC12CCCCC2. The van der Waals surface area contributed by atoms with Gasteiger partial charge in [0, 0.05) is 19.6 Å². The van der Waals surface area contributed by atoms with Crippen molar-refractivity contribution < 1.29 is 4.79 Å². The van der Waals surface area contributed by atoms with Crippen molar-refractivity contribution in [3.05, 3.63) is 10.6 Å². The third kappa shape index (κ3) is 2.71. The lowest BCUT2D eigenvalue weighted by atomic mass is 9.79. The summed E-state index contributed by atoms with van der Waals surface area (Å²) in [4.78, 5) is 16.0. The fourth-order valence-corrected chi connectivity index (χ4v) is 4.43. The van der Waals surface area contributed by atoms with Crippen LogP contribution in [0.4, 0.5) is 0 Å². The maximum Gasteiger partial charge on any atom is 0.268 e. The van der Waals surface area contributed by atoms with E-state index in [-0.39, 0.29) is 17.4 Å². The van der Waals surface area contributed by atoms with E-state index < -0.39 is 0 Å². The van der Waals surface area contributed by atoms with Gasteiger partial charge in [0.1, 0.15) is 4.88 Å². The van der Waals surface area contributed by atoms with Crippen LogP contribution < -0.4 is 5.32 Å². The Balaban J connectivity index is 1.89. The number of aromatic nitrogens is 2. The predicted octanol–water partition coefficient (Wildman–Crippen LogP) is 2.41. The molecule has 1 aromatic rings. The fraction of sp³-hybridized carbons (Fsp3) is 0.800. The molecule has 0 atom stereocenters. The van der Waals surface area contributed by atoms with Crippen molar-refractivity contribution in [2.75, 3.05) is 19.6 Å². The second kappa shape index (κ2) is 6.01. The van der Waals surface area contributed by atoms with Crippen molar-refractivity contribution in [1.82, 2.24) is 19.8 Å². The van der Waals surface area contributed by atoms with Crippen molar-refractivity contribution in [2.45, 2.75) is 57.4 Å². The molecule has 0 bridgehead atoms. The van der Waals surface area contributed by atoms with E-state index in [0.717, 1.165) is 43.0 Å². The molecule has 3 rings (SSSR count). The first-order chi connectivity index (χ1) is 10.1. The quantitative estimate of drug-likeness (QED) is 0.911. The minimum Gasteiger partial charge on any atom is -0.330 e. The van der Waals surface area contributed by atoms with Crippen LogP contribution in [0.15, 0.2) is 0 Å². The van der Waals surface area contributed by atoms with Crippen molar-refractivity contribution in [2.24, 2.45) is 0 Å². The molecular formula is C15H24N4OS. The van der Waals surface area contributed by atoms with Gasteiger partial charge in [-0.3, -0.25) is 4.79 Å². The number of carbonyl (C=O) groups is 1. The van der Waals surface area contributed by atoms with Gasteiger partial charge in [-0.25, -0.2) is 0 Å². The van der Waals surface area contributed by atoms with Gasteiger partial charge in [-0.05, 0) is 30.3 Å². The molecule has 1 spiro atoms. The Bertz CT molecular complexity index is 499. The van der Waals surface area contributed by atoms with Gasteiger partial charge < -0.3 is 10.2 Å². The first kappa shape index (κ1) is 14.9. The minimum absolute atomic E-state index is 0.0197. The van der Waals surface area contributed by atoms with Crippen LogP contribution in [0, 0.1) is 0 Å². The van der Waals surface area contributed by atoms with Crippen LogP contribution in [0.3, 0.4) is 0 Å². The Kier molecular flexibility index (Phi) is 4.26. The highest BCUT2D eigenvalue weighted by Gasteiger charge is 2.43. The van der Waals surface area contributed by atoms with Gasteiger partial charge in [0.25, 0.3) is 5.91 Å². The van der Waals surface area contributed by atoms with Gasteiger partial charge in [0.15, 0.2) is 0 Å². The topological polar surface area (TPSA) is 58.1 Å². The molecule has 0 radical (unpaired) electrons. The highest BCUT2D eigenvalue weighted by atomic mass is 32.1. The lowest BCUT2D eigenvalue weighted by molar-refractivity contribution is 0.0225. The molecule has 116 valence electrons. The number of nitrogens with one attached hydrogen (secondary N) is 1. The number of hydrogen-bond acceptors (Lipinski definition) is 5. The van der Waals surface area contributed by atoms with Gasteiger partial charge in [0.05, 0.1) is 11.2 Å². The third-order valence-corrected chi connectivity index (χ3v) is 5.55. The molecular weight excluding hydrogens is 284 g/mol. The molecule has 1 aromatic heterocycles. The van der Waals surface area contributed by atoms with E-state index in [4.69, 9.17) is 0 Å². The largest absolute Gasteiger partial charge is 0.330 e. The lowest BCUT2D eigenvalue weighted by Gasteiger charge is -2.49. The molecule has 21 heavy (non-hydrogen) atoms. The number of rotatable bonds is 2. The highest BCUT2D eigenvalue weighted by Crippen LogP contribution is 2.36. The van der Waals surface area contributed by atoms with E-state index in [1.807, 2.05) is 0 Å². The molecule has 2 fully saturated rings. The number of hydrogen-bond donors (Lipinski definition) is 1. The maximum absolute atomic E-state index is 13.1. The van der Waals surface area contributed by atoms with Crippen LogP contribution in [0.5, 0.6) is 0 Å². The molecule has 1 aliphatic heterocycles. The smallest absolute Gasteiger partial charge is 0.268 e. The molecule has 1 aliphatic carbocycles. The predicted molar refractivity (Wildman–Crippen MR) is 83.7 cm³/mol. The summed E-state index contributed by atoms with van der Waals surface area (Å²) in [5, 5.41) is 7.66. The Morgan fingerprint density at radius 2 is 2.10 bits per heavy atom. The molecule has 0 unspecified atom stereocenters. The summed E-state index contributed by atoms with van der Waals surface area (Å²) in [5.74, 6) is 0.394. The third-order valence-electron chi connectivity index (χ3n) is 4.82. The second-order valence-corrected chi connectivity index (χ2v) is 7.31. The van der Waals surface area contributed by atoms with Crippen molar-refractivity contribution in [1.29, 1.82) is 0 Å². The molecule has 1 saturated carbocycles. The van der Waals surface area contributed by atoms with Crippen molar-refractivity contribution in [3.63, 3.8) is 0 Å². The summed E-state index contributed by atoms with van der Waals surface area (Å²) >= 11 is 1.25. The second-order valence-electron chi connectivity index (χ2n) is 6.56. The van der Waals surface area contributed by atoms with Gasteiger partial charge >= 0.3 is 0 Å². The molecule has 1 amide bonds. The maximum atomic E-state index is 13.1. The Morgan fingerprint density at radius 3 is 2.81 bits per heavy atom. The summed E-state index contributed by atoms with van der Waals surface area (Å²) in [6.45, 7) is 6.76. The van der Waals surface area contributed by atoms with Crippen LogP contribution in [0.25, 0.3) is 0 Å². The number of nitrogens with zero attached hydrogens (tertiary/aromatic N) is 3. The van der Waals surface area contributed by atoms with Crippen LogP contribution in [0.1, 0.15) is 67.2 Å². The van der Waals surface area contributed by atoms with E-state index in [1.165, 1.54) is 30.8 Å². The van der Waals surface area contributed by atoms with Gasteiger partial charge in [-0.15, -0.1) is 5.10 Å². The standard InChI is InChI=1S/C15H24N4OS/c1-11(2)12-13(21-18-17-12)14(20)19-9-8-16-10-15(19)6-4-3-5-7-15/h11,16H,3-10H2,1-2H3. The first-order valence-corrected chi connectivity index (χ1v) is 8.76. The van der Waals surface area contributed by atoms with E-state index in [9.17, 15) is 4.79 Å². The summed E-state index contributed by atoms with van der Waals surface area (Å²) < 4.78 is 4.02. The molecule has 1 N–H and O–H groups in total. The molecule has 5 nitrogen and oxygen atoms in total. The zero-order chi connectivity index (χ0) is 14.9. The molecule has 0 aromatic carbocycles. The molecule has 2 heterocycles. The minimum atomic E-state index is 0.0197. The molecule has 2 aliphatic rings. The van der Waals surface area contributed by atoms with Gasteiger partial charge in [0.2, 0.25) is 0 Å². The lowest BCUT2D eigenvalue weighted by Crippen LogP contribution is -2.63. The van der Waals surface area contributed by atoms with E-state index >= 15 is 0 Å². The molecule has 1 saturated heterocycles. The zero-order valence-electron chi connectivity index (χ0n) is 12.9. The Labute approximate surface area is 130 Å². The summed E-state index contributed by atoms with van der Waals surface area (Å²) in [6.07, 6.45) is 5.99. The summed E-state index contributed by atoms with van der Waals surface area (Å²) in [5.41, 5.74) is 0.876. The highest BCUT2D eigenvalue weighted by molar-refractivity contribution is 7.08. The summed E-state index contributed by atoms with van der Waals surface area (Å²) in [6, 6.07) is 0. The average Bonchev–Trinajstić information content (AvgIpc) is 2.97. The normalized spacial score (nSPS) is 22.0. The number of amides is 1. The van der Waals surface area contributed by atoms with Gasteiger partial charge in [-0.1, -0.05) is 37.6 Å². The Hall–Kier alpha value is -1.01. The van der Waals surface area contributed by atoms with Crippen molar-refractivity contribution in [3.8, 4) is 0 Å². The van der Waals surface area contributed by atoms with E-state index in [0.29, 0.717) is 0 Å². The zero-order valence-corrected chi connectivity index (χ0v) is 13.7. The van der Waals surface area contributed by atoms with Crippen molar-refractivity contribution >= 4 is 17.4 Å². The number of carbonyl (C=O) groups excluding carboxylic acids is 1. The number of piperazine rings is 1. The van der Waals surface area contributed by atoms with E-state index in [1.54, 1.807) is 0 Å².